The van der Waals surface area contributed by atoms with E-state index in [1.54, 1.807) is 12.1 Å². The highest BCUT2D eigenvalue weighted by Gasteiger charge is 2.27. The first kappa shape index (κ1) is 14.4. The van der Waals surface area contributed by atoms with Crippen LogP contribution in [0.3, 0.4) is 0 Å². The quantitative estimate of drug-likeness (QED) is 0.939. The number of hydrogen-bond donors (Lipinski definition) is 1. The molecule has 0 bridgehead atoms. The Bertz CT molecular complexity index is 739. The highest BCUT2D eigenvalue weighted by Crippen LogP contribution is 2.44. The number of benzene rings is 2. The number of amides is 1. The van der Waals surface area contributed by atoms with Crippen molar-refractivity contribution in [2.45, 2.75) is 19.3 Å². The van der Waals surface area contributed by atoms with Crippen LogP contribution in [0.5, 0.6) is 11.5 Å². The van der Waals surface area contributed by atoms with E-state index < -0.39 is 0 Å². The first-order chi connectivity index (χ1) is 11.2. The summed E-state index contributed by atoms with van der Waals surface area (Å²) in [6.45, 7) is 1.30. The van der Waals surface area contributed by atoms with Crippen molar-refractivity contribution in [3.8, 4) is 11.5 Å². The van der Waals surface area contributed by atoms with Gasteiger partial charge in [-0.3, -0.25) is 4.79 Å². The SMILES string of the molecule is O=C(Cc1ccc(Cl)cc1)Nc1c2c(cc3c1OCC3)OCC2. The molecule has 2 aliphatic rings. The van der Waals surface area contributed by atoms with Gasteiger partial charge in [0.1, 0.15) is 11.5 Å². The molecule has 0 saturated carbocycles. The minimum Gasteiger partial charge on any atom is -0.493 e. The maximum atomic E-state index is 12.4. The second-order valence-electron chi connectivity index (χ2n) is 5.76. The van der Waals surface area contributed by atoms with Crippen LogP contribution in [0.1, 0.15) is 16.7 Å². The van der Waals surface area contributed by atoms with Crippen LogP contribution in [0.2, 0.25) is 5.02 Å². The van der Waals surface area contributed by atoms with E-state index in [1.165, 1.54) is 0 Å². The number of rotatable bonds is 3. The van der Waals surface area contributed by atoms with Crippen LogP contribution >= 0.6 is 11.6 Å². The topological polar surface area (TPSA) is 47.6 Å². The molecule has 0 atom stereocenters. The van der Waals surface area contributed by atoms with Crippen molar-refractivity contribution in [2.75, 3.05) is 18.5 Å². The zero-order valence-electron chi connectivity index (χ0n) is 12.5. The molecule has 118 valence electrons. The Hall–Kier alpha value is -2.20. The Kier molecular flexibility index (Phi) is 3.62. The van der Waals surface area contributed by atoms with Crippen molar-refractivity contribution < 1.29 is 14.3 Å². The van der Waals surface area contributed by atoms with Crippen LogP contribution in [0.25, 0.3) is 0 Å². The maximum absolute atomic E-state index is 12.4. The molecule has 4 rings (SSSR count). The Morgan fingerprint density at radius 1 is 1.13 bits per heavy atom. The highest BCUT2D eigenvalue weighted by molar-refractivity contribution is 6.30. The Balaban J connectivity index is 1.59. The lowest BCUT2D eigenvalue weighted by atomic mass is 10.0. The molecule has 0 unspecified atom stereocenters. The smallest absolute Gasteiger partial charge is 0.228 e. The van der Waals surface area contributed by atoms with Crippen LogP contribution in [0, 0.1) is 0 Å². The third-order valence-electron chi connectivity index (χ3n) is 4.19. The van der Waals surface area contributed by atoms with Gasteiger partial charge >= 0.3 is 0 Å². The van der Waals surface area contributed by atoms with Crippen molar-refractivity contribution in [3.05, 3.63) is 52.0 Å². The van der Waals surface area contributed by atoms with E-state index >= 15 is 0 Å². The number of hydrogen-bond acceptors (Lipinski definition) is 3. The average Bonchev–Trinajstić information content (AvgIpc) is 3.18. The third-order valence-corrected chi connectivity index (χ3v) is 4.45. The molecule has 2 aliphatic heterocycles. The van der Waals surface area contributed by atoms with Crippen molar-refractivity contribution in [1.82, 2.24) is 0 Å². The van der Waals surface area contributed by atoms with Crippen molar-refractivity contribution in [3.63, 3.8) is 0 Å². The van der Waals surface area contributed by atoms with Gasteiger partial charge in [-0.2, -0.15) is 0 Å². The van der Waals surface area contributed by atoms with Crippen molar-refractivity contribution in [1.29, 1.82) is 0 Å². The predicted octanol–water partition coefficient (Wildman–Crippen LogP) is 3.39. The summed E-state index contributed by atoms with van der Waals surface area (Å²) in [7, 11) is 0. The molecule has 0 spiro atoms. The van der Waals surface area contributed by atoms with E-state index in [1.807, 2.05) is 18.2 Å². The minimum absolute atomic E-state index is 0.0645. The van der Waals surface area contributed by atoms with Gasteiger partial charge in [0.15, 0.2) is 0 Å². The first-order valence-electron chi connectivity index (χ1n) is 7.69. The zero-order chi connectivity index (χ0) is 15.8. The van der Waals surface area contributed by atoms with Gasteiger partial charge in [0.05, 0.1) is 25.3 Å². The normalized spacial score (nSPS) is 14.7. The van der Waals surface area contributed by atoms with Gasteiger partial charge in [0.2, 0.25) is 5.91 Å². The molecule has 23 heavy (non-hydrogen) atoms. The van der Waals surface area contributed by atoms with E-state index in [2.05, 4.69) is 5.32 Å². The molecule has 2 heterocycles. The Morgan fingerprint density at radius 2 is 1.91 bits per heavy atom. The summed E-state index contributed by atoms with van der Waals surface area (Å²) in [6.07, 6.45) is 1.95. The maximum Gasteiger partial charge on any atom is 0.228 e. The molecule has 2 aromatic carbocycles. The molecule has 1 N–H and O–H groups in total. The lowest BCUT2D eigenvalue weighted by molar-refractivity contribution is -0.115. The minimum atomic E-state index is -0.0645. The number of halogens is 1. The van der Waals surface area contributed by atoms with Gasteiger partial charge in [-0.15, -0.1) is 0 Å². The Labute approximate surface area is 139 Å². The number of ether oxygens (including phenoxy) is 2. The molecule has 0 saturated heterocycles. The fourth-order valence-corrected chi connectivity index (χ4v) is 3.21. The highest BCUT2D eigenvalue weighted by atomic mass is 35.5. The number of carbonyl (C=O) groups excluding carboxylic acids is 1. The Morgan fingerprint density at radius 3 is 2.74 bits per heavy atom. The van der Waals surface area contributed by atoms with Gasteiger partial charge in [-0.1, -0.05) is 23.7 Å². The van der Waals surface area contributed by atoms with E-state index in [0.29, 0.717) is 24.7 Å². The van der Waals surface area contributed by atoms with Gasteiger partial charge < -0.3 is 14.8 Å². The van der Waals surface area contributed by atoms with E-state index in [9.17, 15) is 4.79 Å². The van der Waals surface area contributed by atoms with Crippen LogP contribution in [-0.2, 0) is 24.1 Å². The third kappa shape index (κ3) is 2.75. The monoisotopic (exact) mass is 329 g/mol. The number of nitrogens with one attached hydrogen (secondary N) is 1. The molecular weight excluding hydrogens is 314 g/mol. The summed E-state index contributed by atoms with van der Waals surface area (Å²) in [4.78, 5) is 12.4. The van der Waals surface area contributed by atoms with E-state index in [4.69, 9.17) is 21.1 Å². The van der Waals surface area contributed by atoms with Crippen LogP contribution in [-0.4, -0.2) is 19.1 Å². The van der Waals surface area contributed by atoms with Gasteiger partial charge in [0.25, 0.3) is 0 Å². The van der Waals surface area contributed by atoms with Crippen LogP contribution < -0.4 is 14.8 Å². The zero-order valence-corrected chi connectivity index (χ0v) is 13.3. The molecule has 0 aliphatic carbocycles. The first-order valence-corrected chi connectivity index (χ1v) is 8.07. The van der Waals surface area contributed by atoms with E-state index in [-0.39, 0.29) is 5.91 Å². The average molecular weight is 330 g/mol. The van der Waals surface area contributed by atoms with Crippen LogP contribution in [0.15, 0.2) is 30.3 Å². The molecule has 2 aromatic rings. The standard InChI is InChI=1S/C18H16ClNO3/c19-13-3-1-11(2-4-13)9-16(21)20-17-14-6-8-22-15(14)10-12-5-7-23-18(12)17/h1-4,10H,5-9H2,(H,20,21). The molecule has 1 amide bonds. The summed E-state index contributed by atoms with van der Waals surface area (Å²) < 4.78 is 11.4. The van der Waals surface area contributed by atoms with Crippen molar-refractivity contribution >= 4 is 23.2 Å². The fraction of sp³-hybridized carbons (Fsp3) is 0.278. The van der Waals surface area contributed by atoms with Crippen LogP contribution in [0.4, 0.5) is 5.69 Å². The summed E-state index contributed by atoms with van der Waals surface area (Å²) in [5, 5.41) is 3.69. The molecule has 5 heteroatoms. The number of fused-ring (bicyclic) bond motifs is 2. The second-order valence-corrected chi connectivity index (χ2v) is 6.20. The van der Waals surface area contributed by atoms with E-state index in [0.717, 1.165) is 46.7 Å². The molecule has 0 aromatic heterocycles. The van der Waals surface area contributed by atoms with Crippen molar-refractivity contribution in [2.24, 2.45) is 0 Å². The lowest BCUT2D eigenvalue weighted by Crippen LogP contribution is -2.16. The largest absolute Gasteiger partial charge is 0.493 e. The van der Waals surface area contributed by atoms with Gasteiger partial charge in [-0.05, 0) is 23.8 Å². The predicted molar refractivity (Wildman–Crippen MR) is 88.6 cm³/mol. The van der Waals surface area contributed by atoms with Gasteiger partial charge in [0, 0.05) is 29.0 Å². The summed E-state index contributed by atoms with van der Waals surface area (Å²) in [5.74, 6) is 1.61. The number of anilines is 1. The molecule has 4 nitrogen and oxygen atoms in total. The number of carbonyl (C=O) groups is 1. The molecule has 0 radical (unpaired) electrons. The lowest BCUT2D eigenvalue weighted by Gasteiger charge is -2.14. The van der Waals surface area contributed by atoms with Gasteiger partial charge in [-0.25, -0.2) is 0 Å². The molecular formula is C18H16ClNO3. The molecule has 0 fully saturated rings. The fourth-order valence-electron chi connectivity index (χ4n) is 3.09. The summed E-state index contributed by atoms with van der Waals surface area (Å²) >= 11 is 5.87. The summed E-state index contributed by atoms with van der Waals surface area (Å²) in [6, 6.07) is 9.35. The summed E-state index contributed by atoms with van der Waals surface area (Å²) in [5.41, 5.74) is 3.85. The second kappa shape index (κ2) is 5.78.